The largest absolute Gasteiger partial charge is 0.462 e. The molecular weight excluding hydrogens is 256 g/mol. The lowest BCUT2D eigenvalue weighted by atomic mass is 10.2. The molecule has 0 amide bonds. The zero-order chi connectivity index (χ0) is 14.5. The molecular formula is C14H24N4O2. The summed E-state index contributed by atoms with van der Waals surface area (Å²) in [5.41, 5.74) is 1.52. The van der Waals surface area contributed by atoms with Gasteiger partial charge in [0.05, 0.1) is 18.5 Å². The molecule has 1 fully saturated rings. The van der Waals surface area contributed by atoms with Crippen LogP contribution in [0.5, 0.6) is 0 Å². The fourth-order valence-corrected chi connectivity index (χ4v) is 2.79. The lowest BCUT2D eigenvalue weighted by molar-refractivity contribution is 0.0523. The van der Waals surface area contributed by atoms with Crippen molar-refractivity contribution >= 4 is 5.97 Å². The van der Waals surface area contributed by atoms with Crippen molar-refractivity contribution in [2.45, 2.75) is 32.4 Å². The van der Waals surface area contributed by atoms with Crippen molar-refractivity contribution in [1.82, 2.24) is 20.0 Å². The van der Waals surface area contributed by atoms with Gasteiger partial charge in [-0.3, -0.25) is 9.58 Å². The summed E-state index contributed by atoms with van der Waals surface area (Å²) >= 11 is 0. The Hall–Kier alpha value is -1.40. The molecule has 0 spiro atoms. The Morgan fingerprint density at radius 3 is 3.10 bits per heavy atom. The fourth-order valence-electron chi connectivity index (χ4n) is 2.79. The van der Waals surface area contributed by atoms with E-state index in [0.717, 1.165) is 25.3 Å². The molecule has 2 rings (SSSR count). The van der Waals surface area contributed by atoms with Gasteiger partial charge in [-0.05, 0) is 33.4 Å². The van der Waals surface area contributed by atoms with E-state index in [9.17, 15) is 4.79 Å². The molecule has 1 aromatic rings. The van der Waals surface area contributed by atoms with Gasteiger partial charge in [0.15, 0.2) is 0 Å². The second-order valence-electron chi connectivity index (χ2n) is 5.17. The third kappa shape index (κ3) is 3.19. The Balaban J connectivity index is 2.12. The molecule has 6 heteroatoms. The molecule has 0 radical (unpaired) electrons. The molecule has 20 heavy (non-hydrogen) atoms. The fraction of sp³-hybridized carbons (Fsp3) is 0.714. The van der Waals surface area contributed by atoms with Crippen LogP contribution in [0.15, 0.2) is 6.20 Å². The smallest absolute Gasteiger partial charge is 0.341 e. The quantitative estimate of drug-likeness (QED) is 0.780. The maximum Gasteiger partial charge on any atom is 0.341 e. The molecule has 112 valence electrons. The molecule has 1 aliphatic heterocycles. The number of aryl methyl sites for hydroxylation is 1. The number of ether oxygens (including phenoxy) is 1. The van der Waals surface area contributed by atoms with E-state index in [-0.39, 0.29) is 5.97 Å². The predicted molar refractivity (Wildman–Crippen MR) is 76.5 cm³/mol. The number of nitrogens with one attached hydrogen (secondary N) is 1. The summed E-state index contributed by atoms with van der Waals surface area (Å²) in [5.74, 6) is -0.278. The number of rotatable bonds is 6. The van der Waals surface area contributed by atoms with E-state index >= 15 is 0 Å². The molecule has 0 aliphatic carbocycles. The van der Waals surface area contributed by atoms with E-state index in [1.54, 1.807) is 10.9 Å². The minimum atomic E-state index is -0.278. The molecule has 6 nitrogen and oxygen atoms in total. The summed E-state index contributed by atoms with van der Waals surface area (Å²) in [7, 11) is 3.85. The van der Waals surface area contributed by atoms with Crippen molar-refractivity contribution in [3.8, 4) is 0 Å². The summed E-state index contributed by atoms with van der Waals surface area (Å²) in [5, 5.41) is 7.44. The van der Waals surface area contributed by atoms with E-state index in [1.807, 2.05) is 21.0 Å². The second-order valence-corrected chi connectivity index (χ2v) is 5.17. The van der Waals surface area contributed by atoms with Crippen LogP contribution < -0.4 is 5.32 Å². The van der Waals surface area contributed by atoms with Crippen molar-refractivity contribution in [2.24, 2.45) is 7.05 Å². The Kier molecular flexibility index (Phi) is 5.14. The van der Waals surface area contributed by atoms with E-state index in [4.69, 9.17) is 4.74 Å². The number of hydrogen-bond acceptors (Lipinski definition) is 5. The van der Waals surface area contributed by atoms with Gasteiger partial charge in [0, 0.05) is 26.2 Å². The summed E-state index contributed by atoms with van der Waals surface area (Å²) < 4.78 is 6.88. The Morgan fingerprint density at radius 2 is 2.40 bits per heavy atom. The van der Waals surface area contributed by atoms with Crippen molar-refractivity contribution in [1.29, 1.82) is 0 Å². The zero-order valence-electron chi connectivity index (χ0n) is 12.6. The number of carbonyl (C=O) groups is 1. The highest BCUT2D eigenvalue weighted by molar-refractivity contribution is 5.90. The first-order valence-electron chi connectivity index (χ1n) is 7.24. The molecule has 1 saturated heterocycles. The molecule has 2 heterocycles. The van der Waals surface area contributed by atoms with Crippen LogP contribution in [0.4, 0.5) is 0 Å². The van der Waals surface area contributed by atoms with Gasteiger partial charge in [0.1, 0.15) is 5.56 Å². The first-order chi connectivity index (χ1) is 9.67. The van der Waals surface area contributed by atoms with Crippen LogP contribution in [0.3, 0.4) is 0 Å². The zero-order valence-corrected chi connectivity index (χ0v) is 12.6. The van der Waals surface area contributed by atoms with E-state index in [2.05, 4.69) is 15.3 Å². The van der Waals surface area contributed by atoms with E-state index in [0.29, 0.717) is 18.2 Å². The third-order valence-electron chi connectivity index (χ3n) is 3.85. The van der Waals surface area contributed by atoms with Crippen molar-refractivity contribution in [3.63, 3.8) is 0 Å². The van der Waals surface area contributed by atoms with Crippen molar-refractivity contribution < 1.29 is 9.53 Å². The summed E-state index contributed by atoms with van der Waals surface area (Å²) in [6, 6.07) is 0.532. The minimum Gasteiger partial charge on any atom is -0.462 e. The van der Waals surface area contributed by atoms with Crippen LogP contribution in [-0.4, -0.2) is 53.4 Å². The van der Waals surface area contributed by atoms with Gasteiger partial charge in [-0.25, -0.2) is 4.79 Å². The van der Waals surface area contributed by atoms with Crippen LogP contribution >= 0.6 is 0 Å². The van der Waals surface area contributed by atoms with Gasteiger partial charge in [0.25, 0.3) is 0 Å². The summed E-state index contributed by atoms with van der Waals surface area (Å²) in [6.07, 6.45) is 4.02. The van der Waals surface area contributed by atoms with Crippen LogP contribution in [0.2, 0.25) is 0 Å². The molecule has 0 aromatic carbocycles. The first kappa shape index (κ1) is 15.0. The van der Waals surface area contributed by atoms with Gasteiger partial charge in [-0.15, -0.1) is 0 Å². The van der Waals surface area contributed by atoms with E-state index in [1.165, 1.54) is 12.8 Å². The average molecular weight is 280 g/mol. The van der Waals surface area contributed by atoms with Crippen LogP contribution in [0.25, 0.3) is 0 Å². The number of hydrogen-bond donors (Lipinski definition) is 1. The molecule has 1 atom stereocenters. The highest BCUT2D eigenvalue weighted by Gasteiger charge is 2.27. The van der Waals surface area contributed by atoms with Crippen LogP contribution in [0.1, 0.15) is 35.8 Å². The number of likely N-dealkylation sites (tertiary alicyclic amines) is 1. The van der Waals surface area contributed by atoms with Gasteiger partial charge < -0.3 is 10.1 Å². The average Bonchev–Trinajstić information content (AvgIpc) is 3.00. The number of likely N-dealkylation sites (N-methyl/N-ethyl adjacent to an activating group) is 1. The normalized spacial score (nSPS) is 19.4. The number of aromatic nitrogens is 2. The molecule has 1 aromatic heterocycles. The van der Waals surface area contributed by atoms with Gasteiger partial charge in [-0.2, -0.15) is 5.10 Å². The second kappa shape index (κ2) is 6.85. The molecule has 0 bridgehead atoms. The molecule has 1 N–H and O–H groups in total. The molecule has 1 unspecified atom stereocenters. The van der Waals surface area contributed by atoms with Gasteiger partial charge in [-0.1, -0.05) is 0 Å². The Bertz CT molecular complexity index is 458. The Morgan fingerprint density at radius 1 is 1.60 bits per heavy atom. The summed E-state index contributed by atoms with van der Waals surface area (Å²) in [4.78, 5) is 14.4. The van der Waals surface area contributed by atoms with E-state index < -0.39 is 0 Å². The van der Waals surface area contributed by atoms with Gasteiger partial charge in [0.2, 0.25) is 0 Å². The van der Waals surface area contributed by atoms with Crippen LogP contribution in [-0.2, 0) is 18.3 Å². The lowest BCUT2D eigenvalue weighted by Crippen LogP contribution is -2.37. The SMILES string of the molecule is CCOC(=O)c1cnn(C)c1CN1CCCC1CNC. The standard InChI is InChI=1S/C14H24N4O2/c1-4-20-14(19)12-9-16-17(3)13(12)10-18-7-5-6-11(18)8-15-2/h9,11,15H,4-8,10H2,1-3H3. The minimum absolute atomic E-state index is 0.278. The highest BCUT2D eigenvalue weighted by atomic mass is 16.5. The Labute approximate surface area is 120 Å². The van der Waals surface area contributed by atoms with Gasteiger partial charge >= 0.3 is 5.97 Å². The topological polar surface area (TPSA) is 59.4 Å². The third-order valence-corrected chi connectivity index (χ3v) is 3.85. The van der Waals surface area contributed by atoms with Crippen molar-refractivity contribution in [2.75, 3.05) is 26.7 Å². The van der Waals surface area contributed by atoms with Crippen molar-refractivity contribution in [3.05, 3.63) is 17.5 Å². The first-order valence-corrected chi connectivity index (χ1v) is 7.24. The lowest BCUT2D eigenvalue weighted by Gasteiger charge is -2.24. The molecule has 1 aliphatic rings. The van der Waals surface area contributed by atoms with Crippen LogP contribution in [0, 0.1) is 0 Å². The number of carbonyl (C=O) groups excluding carboxylic acids is 1. The monoisotopic (exact) mass is 280 g/mol. The maximum absolute atomic E-state index is 12.0. The number of esters is 1. The predicted octanol–water partition coefficient (Wildman–Crippen LogP) is 0.781. The number of nitrogens with zero attached hydrogens (tertiary/aromatic N) is 3. The molecule has 0 saturated carbocycles. The highest BCUT2D eigenvalue weighted by Crippen LogP contribution is 2.21. The maximum atomic E-state index is 12.0. The summed E-state index contributed by atoms with van der Waals surface area (Å²) in [6.45, 7) is 5.00.